The zero-order valence-electron chi connectivity index (χ0n) is 10.6. The van der Waals surface area contributed by atoms with Gasteiger partial charge >= 0.3 is 0 Å². The maximum absolute atomic E-state index is 11.4. The van der Waals surface area contributed by atoms with Crippen molar-refractivity contribution in [2.75, 3.05) is 23.8 Å². The third-order valence-electron chi connectivity index (χ3n) is 3.43. The summed E-state index contributed by atoms with van der Waals surface area (Å²) in [6.45, 7) is 0.466. The number of sulfonamides is 1. The molecule has 1 aliphatic rings. The number of aliphatic hydroxyl groups is 1. The number of nitrogens with zero attached hydrogens (tertiary/aromatic N) is 1. The second-order valence-corrected chi connectivity index (χ2v) is 6.37. The summed E-state index contributed by atoms with van der Waals surface area (Å²) in [6.07, 6.45) is 3.23. The number of anilines is 2. The Bertz CT molecular complexity index is 555. The van der Waals surface area contributed by atoms with E-state index in [4.69, 9.17) is 16.0 Å². The molecule has 1 aromatic rings. The average molecular weight is 285 g/mol. The molecule has 0 unspecified atom stereocenters. The van der Waals surface area contributed by atoms with Crippen molar-refractivity contribution in [1.82, 2.24) is 0 Å². The van der Waals surface area contributed by atoms with E-state index >= 15 is 0 Å². The van der Waals surface area contributed by atoms with Crippen molar-refractivity contribution < 1.29 is 13.5 Å². The molecular formula is C12H19N3O3S. The fourth-order valence-corrected chi connectivity index (χ4v) is 2.85. The molecule has 0 aromatic heterocycles. The lowest BCUT2D eigenvalue weighted by Crippen LogP contribution is -2.42. The first-order valence-corrected chi connectivity index (χ1v) is 7.77. The van der Waals surface area contributed by atoms with Gasteiger partial charge in [-0.15, -0.1) is 0 Å². The SMILES string of the molecule is Nc1cc(N(CCO)C2CCC2)cc(S(N)(=O)=O)c1. The van der Waals surface area contributed by atoms with Gasteiger partial charge in [-0.3, -0.25) is 0 Å². The summed E-state index contributed by atoms with van der Waals surface area (Å²) in [5.74, 6) is 0. The van der Waals surface area contributed by atoms with Gasteiger partial charge in [0.05, 0.1) is 11.5 Å². The molecule has 1 aliphatic carbocycles. The van der Waals surface area contributed by atoms with Crippen LogP contribution >= 0.6 is 0 Å². The Labute approximate surface area is 113 Å². The van der Waals surface area contributed by atoms with Gasteiger partial charge in [0.15, 0.2) is 0 Å². The smallest absolute Gasteiger partial charge is 0.238 e. The largest absolute Gasteiger partial charge is 0.399 e. The fraction of sp³-hybridized carbons (Fsp3) is 0.500. The van der Waals surface area contributed by atoms with E-state index in [1.807, 2.05) is 4.90 Å². The Balaban J connectivity index is 2.38. The molecule has 0 saturated heterocycles. The third kappa shape index (κ3) is 3.17. The molecule has 0 spiro atoms. The van der Waals surface area contributed by atoms with E-state index in [1.165, 1.54) is 12.1 Å². The van der Waals surface area contributed by atoms with E-state index < -0.39 is 10.0 Å². The van der Waals surface area contributed by atoms with Crippen LogP contribution in [0.2, 0.25) is 0 Å². The highest BCUT2D eigenvalue weighted by molar-refractivity contribution is 7.89. The molecule has 7 heteroatoms. The van der Waals surface area contributed by atoms with Crippen molar-refractivity contribution in [3.05, 3.63) is 18.2 Å². The maximum atomic E-state index is 11.4. The lowest BCUT2D eigenvalue weighted by atomic mass is 9.91. The summed E-state index contributed by atoms with van der Waals surface area (Å²) >= 11 is 0. The quantitative estimate of drug-likeness (QED) is 0.673. The van der Waals surface area contributed by atoms with Gasteiger partial charge in [-0.2, -0.15) is 0 Å². The Kier molecular flexibility index (Phi) is 3.98. The van der Waals surface area contributed by atoms with Crippen LogP contribution in [0, 0.1) is 0 Å². The summed E-state index contributed by atoms with van der Waals surface area (Å²) in [4.78, 5) is 2.00. The van der Waals surface area contributed by atoms with Gasteiger partial charge in [0.1, 0.15) is 0 Å². The van der Waals surface area contributed by atoms with Crippen molar-refractivity contribution in [3.63, 3.8) is 0 Å². The highest BCUT2D eigenvalue weighted by atomic mass is 32.2. The minimum atomic E-state index is -3.78. The first-order valence-electron chi connectivity index (χ1n) is 6.22. The molecule has 1 fully saturated rings. The number of benzene rings is 1. The predicted molar refractivity (Wildman–Crippen MR) is 74.3 cm³/mol. The summed E-state index contributed by atoms with van der Waals surface area (Å²) in [5, 5.41) is 14.3. The summed E-state index contributed by atoms with van der Waals surface area (Å²) in [5.41, 5.74) is 6.79. The molecule has 2 rings (SSSR count). The first kappa shape index (κ1) is 14.1. The number of nitrogens with two attached hydrogens (primary N) is 2. The predicted octanol–water partition coefficient (Wildman–Crippen LogP) is 0.267. The molecule has 0 heterocycles. The van der Waals surface area contributed by atoms with Gasteiger partial charge in [-0.25, -0.2) is 13.6 Å². The van der Waals surface area contributed by atoms with Crippen LogP contribution in [0.1, 0.15) is 19.3 Å². The maximum Gasteiger partial charge on any atom is 0.238 e. The van der Waals surface area contributed by atoms with E-state index in [0.29, 0.717) is 24.0 Å². The highest BCUT2D eigenvalue weighted by Crippen LogP contribution is 2.31. The van der Waals surface area contributed by atoms with Gasteiger partial charge in [0.25, 0.3) is 0 Å². The monoisotopic (exact) mass is 285 g/mol. The second-order valence-electron chi connectivity index (χ2n) is 4.81. The van der Waals surface area contributed by atoms with Crippen LogP contribution in [-0.2, 0) is 10.0 Å². The second kappa shape index (κ2) is 5.36. The van der Waals surface area contributed by atoms with Gasteiger partial charge in [-0.05, 0) is 37.5 Å². The van der Waals surface area contributed by atoms with Crippen LogP contribution in [0.25, 0.3) is 0 Å². The lowest BCUT2D eigenvalue weighted by Gasteiger charge is -2.39. The molecule has 0 bridgehead atoms. The Morgan fingerprint density at radius 3 is 2.47 bits per heavy atom. The molecule has 0 amide bonds. The van der Waals surface area contributed by atoms with E-state index in [1.54, 1.807) is 6.07 Å². The summed E-state index contributed by atoms with van der Waals surface area (Å²) in [7, 11) is -3.78. The van der Waals surface area contributed by atoms with Crippen LogP contribution in [0.5, 0.6) is 0 Å². The highest BCUT2D eigenvalue weighted by Gasteiger charge is 2.25. The van der Waals surface area contributed by atoms with Crippen molar-refractivity contribution in [3.8, 4) is 0 Å². The fourth-order valence-electron chi connectivity index (χ4n) is 2.26. The number of hydrogen-bond donors (Lipinski definition) is 3. The van der Waals surface area contributed by atoms with Crippen LogP contribution in [0.3, 0.4) is 0 Å². The normalized spacial score (nSPS) is 16.1. The van der Waals surface area contributed by atoms with Crippen LogP contribution in [0.4, 0.5) is 11.4 Å². The van der Waals surface area contributed by atoms with E-state index in [0.717, 1.165) is 19.3 Å². The molecule has 0 aliphatic heterocycles. The lowest BCUT2D eigenvalue weighted by molar-refractivity contribution is 0.283. The molecule has 106 valence electrons. The third-order valence-corrected chi connectivity index (χ3v) is 4.32. The van der Waals surface area contributed by atoms with E-state index in [9.17, 15) is 8.42 Å². The van der Waals surface area contributed by atoms with E-state index in [2.05, 4.69) is 0 Å². The minimum Gasteiger partial charge on any atom is -0.399 e. The molecule has 1 saturated carbocycles. The van der Waals surface area contributed by atoms with Crippen LogP contribution in [-0.4, -0.2) is 32.7 Å². The summed E-state index contributed by atoms with van der Waals surface area (Å²) in [6, 6.07) is 4.90. The average Bonchev–Trinajstić information content (AvgIpc) is 2.24. The standard InChI is InChI=1S/C12H19N3O3S/c13-9-6-11(8-12(7-9)19(14,17)18)15(4-5-16)10-2-1-3-10/h6-8,10,16H,1-5,13H2,(H2,14,17,18). The number of rotatable bonds is 5. The van der Waals surface area contributed by atoms with Gasteiger partial charge in [0.2, 0.25) is 10.0 Å². The topological polar surface area (TPSA) is 110 Å². The molecule has 6 nitrogen and oxygen atoms in total. The molecule has 1 aromatic carbocycles. The number of aliphatic hydroxyl groups excluding tert-OH is 1. The van der Waals surface area contributed by atoms with Gasteiger partial charge < -0.3 is 15.7 Å². The van der Waals surface area contributed by atoms with Crippen molar-refractivity contribution in [2.45, 2.75) is 30.2 Å². The van der Waals surface area contributed by atoms with Crippen molar-refractivity contribution >= 4 is 21.4 Å². The molecule has 19 heavy (non-hydrogen) atoms. The van der Waals surface area contributed by atoms with Gasteiger partial charge in [-0.1, -0.05) is 0 Å². The Hall–Kier alpha value is -1.31. The van der Waals surface area contributed by atoms with Crippen molar-refractivity contribution in [1.29, 1.82) is 0 Å². The molecular weight excluding hydrogens is 266 g/mol. The Morgan fingerprint density at radius 2 is 2.00 bits per heavy atom. The van der Waals surface area contributed by atoms with Crippen LogP contribution < -0.4 is 15.8 Å². The molecule has 0 atom stereocenters. The summed E-state index contributed by atoms with van der Waals surface area (Å²) < 4.78 is 22.9. The van der Waals surface area contributed by atoms with Crippen molar-refractivity contribution in [2.24, 2.45) is 5.14 Å². The van der Waals surface area contributed by atoms with Crippen LogP contribution in [0.15, 0.2) is 23.1 Å². The first-order chi connectivity index (χ1) is 8.91. The molecule has 5 N–H and O–H groups in total. The number of nitrogen functional groups attached to an aromatic ring is 1. The number of hydrogen-bond acceptors (Lipinski definition) is 5. The Morgan fingerprint density at radius 1 is 1.32 bits per heavy atom. The van der Waals surface area contributed by atoms with Gasteiger partial charge in [0, 0.05) is 24.0 Å². The van der Waals surface area contributed by atoms with E-state index in [-0.39, 0.29) is 11.5 Å². The zero-order chi connectivity index (χ0) is 14.0. The minimum absolute atomic E-state index is 0.00441. The molecule has 0 radical (unpaired) electrons. The number of primary sulfonamides is 1. The zero-order valence-corrected chi connectivity index (χ0v) is 11.4.